The molecule has 1 aromatic heterocycles. The van der Waals surface area contributed by atoms with Crippen LogP contribution in [0.2, 0.25) is 0 Å². The molecule has 1 heterocycles. The van der Waals surface area contributed by atoms with E-state index in [2.05, 4.69) is 0 Å². The van der Waals surface area contributed by atoms with Crippen LogP contribution in [0, 0.1) is 0 Å². The number of aliphatic hydroxyl groups excluding tert-OH is 1. The van der Waals surface area contributed by atoms with E-state index in [1.165, 1.54) is 0 Å². The number of hydrogen-bond donors (Lipinski definition) is 1. The van der Waals surface area contributed by atoms with E-state index in [0.29, 0.717) is 12.0 Å². The van der Waals surface area contributed by atoms with Gasteiger partial charge in [0, 0.05) is 5.56 Å². The first-order valence-electron chi connectivity index (χ1n) is 6.00. The van der Waals surface area contributed by atoms with Crippen LogP contribution in [0.4, 0.5) is 0 Å². The number of carbonyl (C=O) groups excluding carboxylic acids is 1. The van der Waals surface area contributed by atoms with Gasteiger partial charge in [0.1, 0.15) is 5.76 Å². The van der Waals surface area contributed by atoms with Gasteiger partial charge in [0.15, 0.2) is 12.0 Å². The van der Waals surface area contributed by atoms with Gasteiger partial charge in [-0.15, -0.1) is 0 Å². The first kappa shape index (κ1) is 11.7. The molecule has 94 valence electrons. The van der Waals surface area contributed by atoms with Gasteiger partial charge in [0.05, 0.1) is 6.61 Å². The van der Waals surface area contributed by atoms with E-state index < -0.39 is 0 Å². The predicted molar refractivity (Wildman–Crippen MR) is 73.0 cm³/mol. The molecule has 0 aliphatic heterocycles. The molecular formula is C16H12O3. The molecule has 0 aliphatic rings. The van der Waals surface area contributed by atoms with Crippen LogP contribution in [0.5, 0.6) is 0 Å². The summed E-state index contributed by atoms with van der Waals surface area (Å²) in [6.45, 7) is -0.0721. The molecule has 0 saturated carbocycles. The Kier molecular flexibility index (Phi) is 2.89. The summed E-state index contributed by atoms with van der Waals surface area (Å²) >= 11 is 0. The van der Waals surface area contributed by atoms with Gasteiger partial charge in [-0.25, -0.2) is 0 Å². The molecule has 3 nitrogen and oxygen atoms in total. The second-order valence-corrected chi connectivity index (χ2v) is 4.33. The summed E-state index contributed by atoms with van der Waals surface area (Å²) in [4.78, 5) is 10.7. The molecule has 0 fully saturated rings. The fraction of sp³-hybridized carbons (Fsp3) is 0.0625. The topological polar surface area (TPSA) is 50.4 Å². The van der Waals surface area contributed by atoms with Crippen molar-refractivity contribution in [2.45, 2.75) is 6.61 Å². The van der Waals surface area contributed by atoms with Crippen molar-refractivity contribution < 1.29 is 14.3 Å². The summed E-state index contributed by atoms with van der Waals surface area (Å²) in [5.74, 6) is 0.879. The fourth-order valence-electron chi connectivity index (χ4n) is 2.21. The number of benzene rings is 2. The van der Waals surface area contributed by atoms with Crippen LogP contribution in [-0.2, 0) is 6.61 Å². The number of hydrogen-bond acceptors (Lipinski definition) is 3. The molecule has 0 atom stereocenters. The lowest BCUT2D eigenvalue weighted by Crippen LogP contribution is -1.89. The van der Waals surface area contributed by atoms with Crippen molar-refractivity contribution in [1.29, 1.82) is 0 Å². The summed E-state index contributed by atoms with van der Waals surface area (Å²) in [5, 5.41) is 11.6. The number of rotatable bonds is 3. The van der Waals surface area contributed by atoms with E-state index in [9.17, 15) is 9.90 Å². The normalized spacial score (nSPS) is 10.8. The van der Waals surface area contributed by atoms with E-state index in [-0.39, 0.29) is 12.4 Å². The minimum Gasteiger partial charge on any atom is -0.453 e. The molecule has 0 saturated heterocycles. The highest BCUT2D eigenvalue weighted by Crippen LogP contribution is 2.30. The molecule has 3 heteroatoms. The van der Waals surface area contributed by atoms with Crippen LogP contribution in [-0.4, -0.2) is 11.4 Å². The van der Waals surface area contributed by atoms with Crippen molar-refractivity contribution in [1.82, 2.24) is 0 Å². The van der Waals surface area contributed by atoms with E-state index in [1.54, 1.807) is 12.1 Å². The minimum atomic E-state index is -0.0721. The zero-order valence-corrected chi connectivity index (χ0v) is 10.2. The van der Waals surface area contributed by atoms with Gasteiger partial charge in [0.25, 0.3) is 0 Å². The van der Waals surface area contributed by atoms with Crippen molar-refractivity contribution in [3.8, 4) is 11.3 Å². The predicted octanol–water partition coefficient (Wildman–Crippen LogP) is 3.40. The standard InChI is InChI=1S/C16H12O3/c17-9-13-7-11-3-1-2-4-12(11)8-15(13)16-6-5-14(10-18)19-16/h1-8,10,17H,9H2. The van der Waals surface area contributed by atoms with Gasteiger partial charge in [-0.05, 0) is 40.6 Å². The quantitative estimate of drug-likeness (QED) is 0.727. The first-order valence-corrected chi connectivity index (χ1v) is 6.00. The third kappa shape index (κ3) is 2.04. The largest absolute Gasteiger partial charge is 0.453 e. The number of furan rings is 1. The Morgan fingerprint density at radius 2 is 1.79 bits per heavy atom. The van der Waals surface area contributed by atoms with Crippen molar-refractivity contribution in [2.75, 3.05) is 0 Å². The zero-order valence-electron chi connectivity index (χ0n) is 10.2. The Morgan fingerprint density at radius 1 is 1.05 bits per heavy atom. The summed E-state index contributed by atoms with van der Waals surface area (Å²) < 4.78 is 5.43. The minimum absolute atomic E-state index is 0.0721. The Bertz CT molecular complexity index is 741. The van der Waals surface area contributed by atoms with Gasteiger partial charge in [0.2, 0.25) is 0 Å². The summed E-state index contributed by atoms with van der Waals surface area (Å²) in [6.07, 6.45) is 0.670. The molecule has 0 aliphatic carbocycles. The monoisotopic (exact) mass is 252 g/mol. The van der Waals surface area contributed by atoms with Gasteiger partial charge < -0.3 is 9.52 Å². The van der Waals surface area contributed by atoms with Gasteiger partial charge in [-0.2, -0.15) is 0 Å². The molecule has 0 unspecified atom stereocenters. The zero-order chi connectivity index (χ0) is 13.2. The third-order valence-corrected chi connectivity index (χ3v) is 3.15. The van der Waals surface area contributed by atoms with Crippen molar-refractivity contribution in [3.63, 3.8) is 0 Å². The van der Waals surface area contributed by atoms with Gasteiger partial charge >= 0.3 is 0 Å². The molecule has 19 heavy (non-hydrogen) atoms. The van der Waals surface area contributed by atoms with E-state index in [1.807, 2.05) is 36.4 Å². The highest BCUT2D eigenvalue weighted by molar-refractivity contribution is 5.88. The lowest BCUT2D eigenvalue weighted by atomic mass is 10.00. The lowest BCUT2D eigenvalue weighted by Gasteiger charge is -2.07. The van der Waals surface area contributed by atoms with Crippen LogP contribution in [0.15, 0.2) is 52.9 Å². The first-order chi connectivity index (χ1) is 9.31. The molecule has 0 radical (unpaired) electrons. The van der Waals surface area contributed by atoms with E-state index in [4.69, 9.17) is 4.42 Å². The Hall–Kier alpha value is -2.39. The number of fused-ring (bicyclic) bond motifs is 1. The molecule has 0 bridgehead atoms. The molecule has 3 rings (SSSR count). The van der Waals surface area contributed by atoms with Crippen LogP contribution in [0.3, 0.4) is 0 Å². The van der Waals surface area contributed by atoms with Crippen molar-refractivity contribution in [2.24, 2.45) is 0 Å². The maximum atomic E-state index is 10.7. The molecule has 2 aromatic carbocycles. The SMILES string of the molecule is O=Cc1ccc(-c2cc3ccccc3cc2CO)o1. The smallest absolute Gasteiger partial charge is 0.185 e. The molecular weight excluding hydrogens is 240 g/mol. The van der Waals surface area contributed by atoms with E-state index >= 15 is 0 Å². The summed E-state index contributed by atoms with van der Waals surface area (Å²) in [5.41, 5.74) is 1.60. The Morgan fingerprint density at radius 3 is 2.42 bits per heavy atom. The van der Waals surface area contributed by atoms with Crippen LogP contribution >= 0.6 is 0 Å². The van der Waals surface area contributed by atoms with Gasteiger partial charge in [-0.3, -0.25) is 4.79 Å². The lowest BCUT2D eigenvalue weighted by molar-refractivity contribution is 0.110. The number of aldehydes is 1. The molecule has 3 aromatic rings. The number of carbonyl (C=O) groups is 1. The van der Waals surface area contributed by atoms with Gasteiger partial charge in [-0.1, -0.05) is 24.3 Å². The summed E-state index contributed by atoms with van der Waals surface area (Å²) in [6, 6.07) is 15.2. The van der Waals surface area contributed by atoms with Crippen molar-refractivity contribution in [3.05, 3.63) is 59.9 Å². The Balaban J connectivity index is 2.23. The van der Waals surface area contributed by atoms with E-state index in [0.717, 1.165) is 21.9 Å². The van der Waals surface area contributed by atoms with Crippen LogP contribution in [0.1, 0.15) is 16.1 Å². The molecule has 0 spiro atoms. The number of aliphatic hydroxyl groups is 1. The van der Waals surface area contributed by atoms with Crippen LogP contribution in [0.25, 0.3) is 22.1 Å². The molecule has 1 N–H and O–H groups in total. The average molecular weight is 252 g/mol. The van der Waals surface area contributed by atoms with Crippen LogP contribution < -0.4 is 0 Å². The Labute approximate surface area is 110 Å². The maximum Gasteiger partial charge on any atom is 0.185 e. The third-order valence-electron chi connectivity index (χ3n) is 3.15. The fourth-order valence-corrected chi connectivity index (χ4v) is 2.21. The summed E-state index contributed by atoms with van der Waals surface area (Å²) in [7, 11) is 0. The van der Waals surface area contributed by atoms with Crippen molar-refractivity contribution >= 4 is 17.1 Å². The average Bonchev–Trinajstić information content (AvgIpc) is 2.94. The highest BCUT2D eigenvalue weighted by atomic mass is 16.3. The second kappa shape index (κ2) is 4.71. The highest BCUT2D eigenvalue weighted by Gasteiger charge is 2.10. The maximum absolute atomic E-state index is 10.7. The second-order valence-electron chi connectivity index (χ2n) is 4.33. The molecule has 0 amide bonds.